The summed E-state index contributed by atoms with van der Waals surface area (Å²) in [5, 5.41) is 10.1. The number of hydrogen-bond acceptors (Lipinski definition) is 5. The number of urea groups is 1. The summed E-state index contributed by atoms with van der Waals surface area (Å²) in [5.41, 5.74) is 0. The van der Waals surface area contributed by atoms with Gasteiger partial charge in [0.15, 0.2) is 0 Å². The van der Waals surface area contributed by atoms with Crippen LogP contribution in [0.5, 0.6) is 0 Å². The molecule has 2 atom stereocenters. The van der Waals surface area contributed by atoms with Crippen LogP contribution >= 0.6 is 22.7 Å². The SMILES string of the molecule is CN(C)C(CNC(=O)NCC(c1cccs1)N(C)C)c1cccs1. The average molecular weight is 367 g/mol. The number of rotatable bonds is 8. The topological polar surface area (TPSA) is 47.6 Å². The second-order valence-corrected chi connectivity index (χ2v) is 8.04. The van der Waals surface area contributed by atoms with Crippen LogP contribution in [0.4, 0.5) is 4.79 Å². The molecule has 0 bridgehead atoms. The maximum Gasteiger partial charge on any atom is 0.314 e. The summed E-state index contributed by atoms with van der Waals surface area (Å²) in [7, 11) is 8.12. The summed E-state index contributed by atoms with van der Waals surface area (Å²) in [4.78, 5) is 18.9. The van der Waals surface area contributed by atoms with Crippen molar-refractivity contribution in [3.05, 3.63) is 44.8 Å². The Hall–Kier alpha value is -1.41. The van der Waals surface area contributed by atoms with E-state index in [1.54, 1.807) is 22.7 Å². The summed E-state index contributed by atoms with van der Waals surface area (Å²) in [6.07, 6.45) is 0. The molecule has 7 heteroatoms. The number of thiophene rings is 2. The second-order valence-electron chi connectivity index (χ2n) is 6.08. The van der Waals surface area contributed by atoms with Gasteiger partial charge in [0, 0.05) is 22.8 Å². The molecule has 2 aromatic heterocycles. The Morgan fingerprint density at radius 3 is 1.62 bits per heavy atom. The normalized spacial score (nSPS) is 13.9. The van der Waals surface area contributed by atoms with Crippen molar-refractivity contribution in [1.29, 1.82) is 0 Å². The third-order valence-electron chi connectivity index (χ3n) is 3.90. The van der Waals surface area contributed by atoms with Crippen molar-refractivity contribution in [2.45, 2.75) is 12.1 Å². The Kier molecular flexibility index (Phi) is 7.23. The van der Waals surface area contributed by atoms with Gasteiger partial charge in [-0.1, -0.05) is 12.1 Å². The second kappa shape index (κ2) is 9.17. The van der Waals surface area contributed by atoms with Gasteiger partial charge in [0.1, 0.15) is 0 Å². The predicted molar refractivity (Wildman–Crippen MR) is 103 cm³/mol. The van der Waals surface area contributed by atoms with Gasteiger partial charge in [0.25, 0.3) is 0 Å². The van der Waals surface area contributed by atoms with Crippen LogP contribution in [0.25, 0.3) is 0 Å². The Labute approximate surface area is 152 Å². The van der Waals surface area contributed by atoms with E-state index in [0.717, 1.165) is 0 Å². The predicted octanol–water partition coefficient (Wildman–Crippen LogP) is 3.01. The number of carbonyl (C=O) groups excluding carboxylic acids is 1. The van der Waals surface area contributed by atoms with Crippen LogP contribution in [0.15, 0.2) is 35.0 Å². The van der Waals surface area contributed by atoms with E-state index in [-0.39, 0.29) is 18.1 Å². The zero-order valence-corrected chi connectivity index (χ0v) is 16.3. The maximum absolute atomic E-state index is 12.2. The summed E-state index contributed by atoms with van der Waals surface area (Å²) in [6.45, 7) is 1.18. The van der Waals surface area contributed by atoms with Gasteiger partial charge >= 0.3 is 6.03 Å². The monoisotopic (exact) mass is 366 g/mol. The first-order valence-corrected chi connectivity index (χ1v) is 9.66. The van der Waals surface area contributed by atoms with E-state index in [9.17, 15) is 4.79 Å². The van der Waals surface area contributed by atoms with Crippen molar-refractivity contribution in [3.63, 3.8) is 0 Å². The molecular weight excluding hydrogens is 340 g/mol. The molecular formula is C17H26N4OS2. The van der Waals surface area contributed by atoms with Crippen molar-refractivity contribution in [1.82, 2.24) is 20.4 Å². The van der Waals surface area contributed by atoms with E-state index >= 15 is 0 Å². The number of hydrogen-bond donors (Lipinski definition) is 2. The molecule has 0 saturated heterocycles. The molecule has 2 heterocycles. The van der Waals surface area contributed by atoms with Gasteiger partial charge in [-0.2, -0.15) is 0 Å². The lowest BCUT2D eigenvalue weighted by atomic mass is 10.2. The van der Waals surface area contributed by atoms with Crippen LogP contribution < -0.4 is 10.6 Å². The molecule has 5 nitrogen and oxygen atoms in total. The number of amides is 2. The molecule has 0 radical (unpaired) electrons. The quantitative estimate of drug-likeness (QED) is 0.755. The van der Waals surface area contributed by atoms with Gasteiger partial charge < -0.3 is 20.4 Å². The summed E-state index contributed by atoms with van der Waals surface area (Å²) >= 11 is 3.43. The first-order chi connectivity index (χ1) is 11.5. The fourth-order valence-electron chi connectivity index (χ4n) is 2.48. The number of nitrogens with one attached hydrogen (secondary N) is 2. The van der Waals surface area contributed by atoms with Crippen molar-refractivity contribution < 1.29 is 4.79 Å². The van der Waals surface area contributed by atoms with Gasteiger partial charge in [-0.25, -0.2) is 4.79 Å². The molecule has 0 saturated carbocycles. The molecule has 2 unspecified atom stereocenters. The van der Waals surface area contributed by atoms with Gasteiger partial charge in [-0.05, 0) is 51.1 Å². The number of likely N-dealkylation sites (N-methyl/N-ethyl adjacent to an activating group) is 2. The zero-order valence-electron chi connectivity index (χ0n) is 14.7. The lowest BCUT2D eigenvalue weighted by molar-refractivity contribution is 0.227. The van der Waals surface area contributed by atoms with Crippen LogP contribution in [0, 0.1) is 0 Å². The van der Waals surface area contributed by atoms with Crippen LogP contribution in [0.3, 0.4) is 0 Å². The van der Waals surface area contributed by atoms with Crippen molar-refractivity contribution >= 4 is 28.7 Å². The van der Waals surface area contributed by atoms with E-state index in [4.69, 9.17) is 0 Å². The molecule has 2 amide bonds. The van der Waals surface area contributed by atoms with Crippen LogP contribution in [0.2, 0.25) is 0 Å². The smallest absolute Gasteiger partial charge is 0.314 e. The van der Waals surface area contributed by atoms with Crippen molar-refractivity contribution in [3.8, 4) is 0 Å². The zero-order chi connectivity index (χ0) is 17.5. The number of carbonyl (C=O) groups is 1. The maximum atomic E-state index is 12.2. The molecule has 2 rings (SSSR count). The van der Waals surface area contributed by atoms with E-state index in [1.807, 2.05) is 40.3 Å². The molecule has 0 aliphatic carbocycles. The van der Waals surface area contributed by atoms with Crippen LogP contribution in [-0.4, -0.2) is 57.1 Å². The molecule has 132 valence electrons. The van der Waals surface area contributed by atoms with Gasteiger partial charge in [-0.3, -0.25) is 0 Å². The summed E-state index contributed by atoms with van der Waals surface area (Å²) in [5.74, 6) is 0. The standard InChI is InChI=1S/C17H26N4OS2/c1-20(2)13(15-7-5-9-23-15)11-18-17(22)19-12-14(21(3)4)16-8-6-10-24-16/h5-10,13-14H,11-12H2,1-4H3,(H2,18,19,22). The highest BCUT2D eigenvalue weighted by Crippen LogP contribution is 2.23. The third-order valence-corrected chi connectivity index (χ3v) is 5.85. The van der Waals surface area contributed by atoms with E-state index in [2.05, 4.69) is 43.3 Å². The lowest BCUT2D eigenvalue weighted by Crippen LogP contribution is -2.43. The third kappa shape index (κ3) is 5.31. The molecule has 24 heavy (non-hydrogen) atoms. The summed E-state index contributed by atoms with van der Waals surface area (Å²) < 4.78 is 0. The first kappa shape index (κ1) is 18.9. The Balaban J connectivity index is 1.84. The molecule has 0 aliphatic rings. The van der Waals surface area contributed by atoms with Gasteiger partial charge in [-0.15, -0.1) is 22.7 Å². The first-order valence-electron chi connectivity index (χ1n) is 7.90. The molecule has 0 spiro atoms. The van der Waals surface area contributed by atoms with Gasteiger partial charge in [0.05, 0.1) is 12.1 Å². The largest absolute Gasteiger partial charge is 0.336 e. The number of nitrogens with zero attached hydrogens (tertiary/aromatic N) is 2. The Morgan fingerprint density at radius 2 is 1.33 bits per heavy atom. The fraction of sp³-hybridized carbons (Fsp3) is 0.471. The summed E-state index contributed by atoms with van der Waals surface area (Å²) in [6, 6.07) is 8.55. The van der Waals surface area contributed by atoms with Crippen molar-refractivity contribution in [2.75, 3.05) is 41.3 Å². The fourth-order valence-corrected chi connectivity index (χ4v) is 4.32. The highest BCUT2D eigenvalue weighted by atomic mass is 32.1. The lowest BCUT2D eigenvalue weighted by Gasteiger charge is -2.25. The van der Waals surface area contributed by atoms with E-state index in [1.165, 1.54) is 9.75 Å². The molecule has 2 aromatic rings. The Bertz CT molecular complexity index is 544. The Morgan fingerprint density at radius 1 is 0.917 bits per heavy atom. The van der Waals surface area contributed by atoms with E-state index < -0.39 is 0 Å². The minimum Gasteiger partial charge on any atom is -0.336 e. The van der Waals surface area contributed by atoms with Crippen LogP contribution in [0.1, 0.15) is 21.8 Å². The average Bonchev–Trinajstić information content (AvgIpc) is 3.20. The highest BCUT2D eigenvalue weighted by Gasteiger charge is 2.18. The van der Waals surface area contributed by atoms with E-state index in [0.29, 0.717) is 13.1 Å². The molecule has 0 aromatic carbocycles. The van der Waals surface area contributed by atoms with Crippen LogP contribution in [-0.2, 0) is 0 Å². The molecule has 0 aliphatic heterocycles. The van der Waals surface area contributed by atoms with Crippen molar-refractivity contribution in [2.24, 2.45) is 0 Å². The minimum atomic E-state index is -0.123. The molecule has 2 N–H and O–H groups in total. The minimum absolute atomic E-state index is 0.123. The molecule has 0 fully saturated rings. The highest BCUT2D eigenvalue weighted by molar-refractivity contribution is 7.10. The van der Waals surface area contributed by atoms with Gasteiger partial charge in [0.2, 0.25) is 0 Å².